The molecule has 0 spiro atoms. The van der Waals surface area contributed by atoms with Crippen molar-refractivity contribution < 1.29 is 9.59 Å². The van der Waals surface area contributed by atoms with Crippen LogP contribution in [0.25, 0.3) is 0 Å². The quantitative estimate of drug-likeness (QED) is 0.506. The summed E-state index contributed by atoms with van der Waals surface area (Å²) in [7, 11) is 0. The zero-order chi connectivity index (χ0) is 6.41. The summed E-state index contributed by atoms with van der Waals surface area (Å²) >= 11 is 0. The number of rotatable bonds is 4. The highest BCUT2D eigenvalue weighted by atomic mass is 16.1. The molecule has 0 aromatic heterocycles. The average Bonchev–Trinajstić information content (AvgIpc) is 1.83. The van der Waals surface area contributed by atoms with Crippen molar-refractivity contribution in [3.05, 3.63) is 0 Å². The van der Waals surface area contributed by atoms with Crippen molar-refractivity contribution in [2.75, 3.05) is 0 Å². The van der Waals surface area contributed by atoms with Crippen LogP contribution in [0.15, 0.2) is 0 Å². The third kappa shape index (κ3) is 2.50. The van der Waals surface area contributed by atoms with Gasteiger partial charge in [-0.1, -0.05) is 6.92 Å². The number of carbonyl (C=O) groups is 2. The molecule has 0 saturated carbocycles. The normalized spacial score (nSPS) is 12.6. The van der Waals surface area contributed by atoms with Crippen LogP contribution in [0.3, 0.4) is 0 Å². The first-order valence-electron chi connectivity index (χ1n) is 2.74. The fourth-order valence-corrected chi connectivity index (χ4v) is 0.442. The van der Waals surface area contributed by atoms with Crippen LogP contribution in [0, 0.1) is 5.92 Å². The first-order chi connectivity index (χ1) is 3.85. The van der Waals surface area contributed by atoms with Gasteiger partial charge in [-0.15, -0.1) is 0 Å². The van der Waals surface area contributed by atoms with Gasteiger partial charge in [0, 0.05) is 12.3 Å². The van der Waals surface area contributed by atoms with Crippen molar-refractivity contribution in [2.45, 2.75) is 19.8 Å². The van der Waals surface area contributed by atoms with E-state index >= 15 is 0 Å². The van der Waals surface area contributed by atoms with Crippen LogP contribution in [0.4, 0.5) is 0 Å². The van der Waals surface area contributed by atoms with Gasteiger partial charge < -0.3 is 9.59 Å². The van der Waals surface area contributed by atoms with Crippen molar-refractivity contribution in [2.24, 2.45) is 5.92 Å². The second-order valence-electron chi connectivity index (χ2n) is 1.71. The lowest BCUT2D eigenvalue weighted by Gasteiger charge is -1.96. The third-order valence-electron chi connectivity index (χ3n) is 1.12. The second kappa shape index (κ2) is 4.50. The van der Waals surface area contributed by atoms with E-state index in [2.05, 4.69) is 0 Å². The van der Waals surface area contributed by atoms with E-state index in [1.165, 1.54) is 0 Å². The van der Waals surface area contributed by atoms with Crippen molar-refractivity contribution in [3.8, 4) is 0 Å². The molecule has 0 bridgehead atoms. The molecular weight excluding hydrogens is 104 g/mol. The number of hydrogen-bond donors (Lipinski definition) is 0. The largest absolute Gasteiger partial charge is 0.303 e. The summed E-state index contributed by atoms with van der Waals surface area (Å²) in [5.74, 6) is -0.0486. The number of aldehydes is 2. The maximum absolute atomic E-state index is 9.97. The van der Waals surface area contributed by atoms with Crippen LogP contribution in [-0.2, 0) is 9.59 Å². The molecule has 0 aliphatic rings. The molecule has 0 amide bonds. The van der Waals surface area contributed by atoms with E-state index in [1.54, 1.807) is 0 Å². The highest BCUT2D eigenvalue weighted by Gasteiger charge is 2.00. The molecule has 2 nitrogen and oxygen atoms in total. The lowest BCUT2D eigenvalue weighted by molar-refractivity contribution is -0.115. The highest BCUT2D eigenvalue weighted by Crippen LogP contribution is 2.00. The predicted molar refractivity (Wildman–Crippen MR) is 30.5 cm³/mol. The predicted octanol–water partition coefficient (Wildman–Crippen LogP) is 0.800. The number of carbonyl (C=O) groups excluding carboxylic acids is 2. The maximum Gasteiger partial charge on any atom is 0.123 e. The fourth-order valence-electron chi connectivity index (χ4n) is 0.442. The van der Waals surface area contributed by atoms with Crippen LogP contribution in [0.5, 0.6) is 0 Å². The van der Waals surface area contributed by atoms with Crippen LogP contribution in [0.2, 0.25) is 0 Å². The van der Waals surface area contributed by atoms with E-state index in [4.69, 9.17) is 0 Å². The van der Waals surface area contributed by atoms with Crippen LogP contribution in [0.1, 0.15) is 19.8 Å². The Balaban J connectivity index is 3.35. The summed E-state index contributed by atoms with van der Waals surface area (Å²) in [6.45, 7) is 1.89. The van der Waals surface area contributed by atoms with E-state index in [0.29, 0.717) is 6.42 Å². The Labute approximate surface area is 48.9 Å². The summed E-state index contributed by atoms with van der Waals surface area (Å²) in [6, 6.07) is 0. The molecule has 0 N–H and O–H groups in total. The summed E-state index contributed by atoms with van der Waals surface area (Å²) in [6.07, 6.45) is 2.75. The molecule has 0 radical (unpaired) electrons. The van der Waals surface area contributed by atoms with Crippen molar-refractivity contribution >= 4 is 12.6 Å². The summed E-state index contributed by atoms with van der Waals surface area (Å²) in [5, 5.41) is 0. The standard InChI is InChI=1S/C6H10O2/c1-2-6(5-8)3-4-7/h4-6H,2-3H2,1H3/t6-/m1/s1. The molecule has 0 unspecified atom stereocenters. The molecule has 2 heteroatoms. The first-order valence-corrected chi connectivity index (χ1v) is 2.74. The molecule has 0 aromatic rings. The lowest BCUT2D eigenvalue weighted by atomic mass is 10.1. The SMILES string of the molecule is CC[C@@H](C=O)CC=O. The third-order valence-corrected chi connectivity index (χ3v) is 1.12. The lowest BCUT2D eigenvalue weighted by Crippen LogP contribution is -1.99. The molecule has 8 heavy (non-hydrogen) atoms. The molecule has 0 heterocycles. The minimum Gasteiger partial charge on any atom is -0.303 e. The van der Waals surface area contributed by atoms with Crippen LogP contribution >= 0.6 is 0 Å². The van der Waals surface area contributed by atoms with Gasteiger partial charge in [-0.25, -0.2) is 0 Å². The van der Waals surface area contributed by atoms with Gasteiger partial charge in [0.2, 0.25) is 0 Å². The Morgan fingerprint density at radius 2 is 2.12 bits per heavy atom. The maximum atomic E-state index is 9.97. The molecule has 0 rings (SSSR count). The molecule has 0 aliphatic heterocycles. The van der Waals surface area contributed by atoms with Gasteiger partial charge in [0.1, 0.15) is 12.6 Å². The van der Waals surface area contributed by atoms with E-state index in [9.17, 15) is 9.59 Å². The Hall–Kier alpha value is -0.660. The number of hydrogen-bond acceptors (Lipinski definition) is 2. The molecule has 0 saturated heterocycles. The van der Waals surface area contributed by atoms with E-state index in [0.717, 1.165) is 19.0 Å². The Kier molecular flexibility index (Phi) is 4.13. The second-order valence-corrected chi connectivity index (χ2v) is 1.71. The molecule has 0 aliphatic carbocycles. The highest BCUT2D eigenvalue weighted by molar-refractivity contribution is 5.61. The summed E-state index contributed by atoms with van der Waals surface area (Å²) in [4.78, 5) is 19.7. The fraction of sp³-hybridized carbons (Fsp3) is 0.667. The van der Waals surface area contributed by atoms with Gasteiger partial charge in [-0.2, -0.15) is 0 Å². The van der Waals surface area contributed by atoms with Gasteiger partial charge in [-0.05, 0) is 6.42 Å². The Bertz CT molecular complexity index is 78.6. The minimum atomic E-state index is -0.0486. The molecule has 0 aromatic carbocycles. The van der Waals surface area contributed by atoms with Crippen molar-refractivity contribution in [3.63, 3.8) is 0 Å². The summed E-state index contributed by atoms with van der Waals surface area (Å²) < 4.78 is 0. The molecule has 0 fully saturated rings. The van der Waals surface area contributed by atoms with E-state index in [1.807, 2.05) is 6.92 Å². The monoisotopic (exact) mass is 114 g/mol. The zero-order valence-corrected chi connectivity index (χ0v) is 4.96. The van der Waals surface area contributed by atoms with Gasteiger partial charge in [-0.3, -0.25) is 0 Å². The molecular formula is C6H10O2. The Morgan fingerprint density at radius 1 is 1.50 bits per heavy atom. The van der Waals surface area contributed by atoms with E-state index < -0.39 is 0 Å². The van der Waals surface area contributed by atoms with E-state index in [-0.39, 0.29) is 5.92 Å². The summed E-state index contributed by atoms with van der Waals surface area (Å²) in [5.41, 5.74) is 0. The van der Waals surface area contributed by atoms with Gasteiger partial charge in [0.05, 0.1) is 0 Å². The Morgan fingerprint density at radius 3 is 2.25 bits per heavy atom. The smallest absolute Gasteiger partial charge is 0.123 e. The van der Waals surface area contributed by atoms with Crippen LogP contribution < -0.4 is 0 Å². The molecule has 46 valence electrons. The van der Waals surface area contributed by atoms with Crippen molar-refractivity contribution in [1.82, 2.24) is 0 Å². The zero-order valence-electron chi connectivity index (χ0n) is 4.96. The minimum absolute atomic E-state index is 0.0486. The van der Waals surface area contributed by atoms with Crippen LogP contribution in [-0.4, -0.2) is 12.6 Å². The van der Waals surface area contributed by atoms with Gasteiger partial charge in [0.15, 0.2) is 0 Å². The van der Waals surface area contributed by atoms with Gasteiger partial charge >= 0.3 is 0 Å². The average molecular weight is 114 g/mol. The van der Waals surface area contributed by atoms with Crippen molar-refractivity contribution in [1.29, 1.82) is 0 Å². The first kappa shape index (κ1) is 7.34. The van der Waals surface area contributed by atoms with Gasteiger partial charge in [0.25, 0.3) is 0 Å². The molecule has 1 atom stereocenters. The topological polar surface area (TPSA) is 34.1 Å².